The van der Waals surface area contributed by atoms with Crippen LogP contribution in [0.25, 0.3) is 0 Å². The summed E-state index contributed by atoms with van der Waals surface area (Å²) in [7, 11) is -2.22. The van der Waals surface area contributed by atoms with Gasteiger partial charge in [-0.05, 0) is 18.0 Å². The molecule has 0 aromatic heterocycles. The molecule has 6 N–H and O–H groups in total. The average Bonchev–Trinajstić information content (AvgIpc) is 2.06. The van der Waals surface area contributed by atoms with Crippen LogP contribution in [0.1, 0.15) is 0 Å². The molecule has 0 saturated carbocycles. The smallest absolute Gasteiger partial charge is 0.145 e. The molecule has 0 amide bonds. The molecular formula is C8H11N4P. The quantitative estimate of drug-likeness (QED) is 0.478. The van der Waals surface area contributed by atoms with Crippen LogP contribution in [0.15, 0.2) is 35.9 Å². The van der Waals surface area contributed by atoms with E-state index in [1.54, 1.807) is 4.90 Å². The number of hydrogen-bond acceptors (Lipinski definition) is 4. The van der Waals surface area contributed by atoms with Crippen molar-refractivity contribution in [3.63, 3.8) is 0 Å². The van der Waals surface area contributed by atoms with Crippen LogP contribution in [0.2, 0.25) is 0 Å². The zero-order chi connectivity index (χ0) is 9.47. The monoisotopic (exact) mass is 194 g/mol. The first kappa shape index (κ1) is 8.78. The fourth-order valence-corrected chi connectivity index (χ4v) is 2.23. The fraction of sp³-hybridized carbons (Fsp3) is 0. The molecule has 4 nitrogen and oxygen atoms in total. The third-order valence-electron chi connectivity index (χ3n) is 1.89. The maximum Gasteiger partial charge on any atom is 0.145 e. The molecule has 0 aromatic rings. The van der Waals surface area contributed by atoms with Gasteiger partial charge < -0.3 is 10.6 Å². The number of allylic oxidation sites excluding steroid dienone is 3. The molecule has 68 valence electrons. The molecule has 0 atom stereocenters. The van der Waals surface area contributed by atoms with Gasteiger partial charge in [-0.3, -0.25) is 11.0 Å². The van der Waals surface area contributed by atoms with Crippen molar-refractivity contribution in [3.8, 4) is 0 Å². The molecule has 0 saturated heterocycles. The standard InChI is InChI=1S/C8H11N4P/c9-8-5-12-4-2-1-3-7(12)6-13(8,10)11/h1-4,6H,9-11H2. The van der Waals surface area contributed by atoms with Gasteiger partial charge in [0.2, 0.25) is 0 Å². The lowest BCUT2D eigenvalue weighted by Crippen LogP contribution is -2.33. The van der Waals surface area contributed by atoms with Gasteiger partial charge in [0.1, 0.15) is 6.54 Å². The second kappa shape index (κ2) is 2.86. The molecule has 0 bridgehead atoms. The summed E-state index contributed by atoms with van der Waals surface area (Å²) in [6.07, 6.45) is 7.60. The van der Waals surface area contributed by atoms with Gasteiger partial charge in [0.25, 0.3) is 0 Å². The molecule has 13 heavy (non-hydrogen) atoms. The normalized spacial score (nSPS) is 24.4. The minimum absolute atomic E-state index is 0.441. The largest absolute Gasteiger partial charge is 0.331 e. The van der Waals surface area contributed by atoms with Crippen LogP contribution in [0.3, 0.4) is 0 Å². The third kappa shape index (κ3) is 1.49. The van der Waals surface area contributed by atoms with Crippen molar-refractivity contribution in [1.29, 1.82) is 0 Å². The minimum Gasteiger partial charge on any atom is -0.331 e. The van der Waals surface area contributed by atoms with E-state index in [0.717, 1.165) is 5.70 Å². The lowest BCUT2D eigenvalue weighted by atomic mass is 10.3. The molecule has 2 radical (unpaired) electrons. The Morgan fingerprint density at radius 3 is 2.85 bits per heavy atom. The lowest BCUT2D eigenvalue weighted by molar-refractivity contribution is 0.610. The van der Waals surface area contributed by atoms with E-state index in [1.165, 1.54) is 0 Å². The van der Waals surface area contributed by atoms with E-state index in [-0.39, 0.29) is 0 Å². The predicted octanol–water partition coefficient (Wildman–Crippen LogP) is 0.119. The van der Waals surface area contributed by atoms with E-state index in [2.05, 4.69) is 6.54 Å². The van der Waals surface area contributed by atoms with Gasteiger partial charge in [0.05, 0.1) is 0 Å². The van der Waals surface area contributed by atoms with Crippen molar-refractivity contribution in [1.82, 2.24) is 4.90 Å². The minimum atomic E-state index is -2.22. The maximum absolute atomic E-state index is 5.83. The highest BCUT2D eigenvalue weighted by molar-refractivity contribution is 7.75. The Balaban J connectivity index is 2.46. The van der Waals surface area contributed by atoms with Gasteiger partial charge in [-0.15, -0.1) is 0 Å². The molecule has 0 unspecified atom stereocenters. The summed E-state index contributed by atoms with van der Waals surface area (Å²) in [6, 6.07) is 0. The van der Waals surface area contributed by atoms with Crippen LogP contribution >= 0.6 is 7.19 Å². The Hall–Kier alpha value is -0.800. The molecule has 2 aliphatic rings. The highest BCUT2D eigenvalue weighted by Gasteiger charge is 2.21. The van der Waals surface area contributed by atoms with E-state index < -0.39 is 7.19 Å². The van der Waals surface area contributed by atoms with E-state index in [1.807, 2.05) is 30.2 Å². The molecule has 0 aliphatic carbocycles. The van der Waals surface area contributed by atoms with Crippen molar-refractivity contribution in [2.75, 3.05) is 0 Å². The van der Waals surface area contributed by atoms with Gasteiger partial charge >= 0.3 is 0 Å². The van der Waals surface area contributed by atoms with Gasteiger partial charge in [-0.1, -0.05) is 6.08 Å². The van der Waals surface area contributed by atoms with Crippen LogP contribution in [0, 0.1) is 6.54 Å². The van der Waals surface area contributed by atoms with Gasteiger partial charge in [-0.2, -0.15) is 0 Å². The second-order valence-corrected chi connectivity index (χ2v) is 5.37. The van der Waals surface area contributed by atoms with Crippen LogP contribution in [-0.2, 0) is 0 Å². The SMILES string of the molecule is NC1=P(N)(N)C=C2C=CC=CN2[C]1. The molecule has 0 fully saturated rings. The van der Waals surface area contributed by atoms with Crippen LogP contribution in [0.4, 0.5) is 0 Å². The third-order valence-corrected chi connectivity index (χ3v) is 3.52. The first-order chi connectivity index (χ1) is 6.09. The van der Waals surface area contributed by atoms with E-state index >= 15 is 0 Å². The lowest BCUT2D eigenvalue weighted by Gasteiger charge is -2.30. The van der Waals surface area contributed by atoms with Crippen molar-refractivity contribution in [2.24, 2.45) is 16.7 Å². The predicted molar refractivity (Wildman–Crippen MR) is 55.9 cm³/mol. The molecule has 2 aliphatic heterocycles. The molecule has 5 heteroatoms. The Bertz CT molecular complexity index is 372. The van der Waals surface area contributed by atoms with Gasteiger partial charge in [0, 0.05) is 24.5 Å². The molecule has 0 aromatic carbocycles. The summed E-state index contributed by atoms with van der Waals surface area (Å²) in [4.78, 5) is 1.79. The maximum atomic E-state index is 5.83. The van der Waals surface area contributed by atoms with E-state index in [0.29, 0.717) is 5.42 Å². The van der Waals surface area contributed by atoms with Gasteiger partial charge in [-0.25, -0.2) is 0 Å². The number of nitrogens with zero attached hydrogens (tertiary/aromatic N) is 1. The summed E-state index contributed by atoms with van der Waals surface area (Å²) < 4.78 is 0. The summed E-state index contributed by atoms with van der Waals surface area (Å²) in [5.74, 6) is 1.82. The first-order valence-electron chi connectivity index (χ1n) is 3.82. The highest BCUT2D eigenvalue weighted by Crippen LogP contribution is 2.39. The Morgan fingerprint density at radius 1 is 1.31 bits per heavy atom. The van der Waals surface area contributed by atoms with E-state index in [9.17, 15) is 0 Å². The zero-order valence-electron chi connectivity index (χ0n) is 7.01. The zero-order valence-corrected chi connectivity index (χ0v) is 7.91. The first-order valence-corrected chi connectivity index (χ1v) is 5.82. The fourth-order valence-electron chi connectivity index (χ4n) is 1.16. The van der Waals surface area contributed by atoms with E-state index in [4.69, 9.17) is 16.7 Å². The highest BCUT2D eigenvalue weighted by atomic mass is 31.2. The van der Waals surface area contributed by atoms with Crippen molar-refractivity contribution >= 4 is 12.6 Å². The molecule has 2 heterocycles. The summed E-state index contributed by atoms with van der Waals surface area (Å²) >= 11 is 0. The number of rotatable bonds is 0. The Kier molecular flexibility index (Phi) is 1.93. The van der Waals surface area contributed by atoms with Crippen molar-refractivity contribution in [3.05, 3.63) is 42.5 Å². The van der Waals surface area contributed by atoms with Crippen LogP contribution < -0.4 is 16.7 Å². The number of hydrogen-bond donors (Lipinski definition) is 3. The Labute approximate surface area is 77.4 Å². The van der Waals surface area contributed by atoms with Crippen molar-refractivity contribution < 1.29 is 0 Å². The molecular weight excluding hydrogens is 183 g/mol. The van der Waals surface area contributed by atoms with Crippen LogP contribution in [-0.4, -0.2) is 10.3 Å². The molecule has 0 spiro atoms. The summed E-state index contributed by atoms with van der Waals surface area (Å²) in [5.41, 5.74) is 18.7. The number of nitrogens with two attached hydrogens (primary N) is 3. The summed E-state index contributed by atoms with van der Waals surface area (Å²) in [6.45, 7) is 2.93. The van der Waals surface area contributed by atoms with Gasteiger partial charge in [0.15, 0.2) is 0 Å². The number of fused-ring (bicyclic) bond motifs is 1. The second-order valence-electron chi connectivity index (χ2n) is 2.96. The van der Waals surface area contributed by atoms with Crippen molar-refractivity contribution in [2.45, 2.75) is 0 Å². The van der Waals surface area contributed by atoms with Crippen LogP contribution in [0.5, 0.6) is 0 Å². The Morgan fingerprint density at radius 2 is 2.08 bits per heavy atom. The molecule has 2 rings (SSSR count). The average molecular weight is 194 g/mol. The summed E-state index contributed by atoms with van der Waals surface area (Å²) in [5, 5.41) is 0. The topological polar surface area (TPSA) is 81.3 Å².